The summed E-state index contributed by atoms with van der Waals surface area (Å²) in [5.74, 6) is 0.257. The fourth-order valence-corrected chi connectivity index (χ4v) is 3.62. The standard InChI is InChI=1S/C12H17ClN4O2S/c1-20(19,17-12(14)16-18)10(6-8-2-3-8)9-4-5-11(13)15-7-9/h4-5,7-8,18H,2-3,6H2,1H3,(H3,14,16,17,19). The fraction of sp³-hybridized carbons (Fsp3) is 0.417. The molecule has 1 unspecified atom stereocenters. The van der Waals surface area contributed by atoms with Gasteiger partial charge in [0.05, 0.1) is 9.71 Å². The van der Waals surface area contributed by atoms with Crippen LogP contribution >= 0.6 is 11.6 Å². The first-order chi connectivity index (χ1) is 9.42. The minimum absolute atomic E-state index is 0.271. The third-order valence-corrected chi connectivity index (χ3v) is 5.15. The van der Waals surface area contributed by atoms with Crippen LogP contribution in [0.1, 0.15) is 24.8 Å². The van der Waals surface area contributed by atoms with Crippen LogP contribution in [0.3, 0.4) is 0 Å². The zero-order valence-electron chi connectivity index (χ0n) is 11.0. The molecule has 0 aromatic carbocycles. The molecular formula is C12H17ClN4O2S. The number of hydrogen-bond donors (Lipinski definition) is 3. The summed E-state index contributed by atoms with van der Waals surface area (Å²) in [5.41, 5.74) is 7.85. The van der Waals surface area contributed by atoms with Crippen molar-refractivity contribution >= 4 is 32.1 Å². The van der Waals surface area contributed by atoms with Crippen molar-refractivity contribution in [2.45, 2.75) is 19.3 Å². The number of aromatic nitrogens is 1. The van der Waals surface area contributed by atoms with Crippen molar-refractivity contribution in [2.24, 2.45) is 16.0 Å². The lowest BCUT2D eigenvalue weighted by atomic mass is 10.1. The van der Waals surface area contributed by atoms with Crippen LogP contribution in [-0.4, -0.2) is 31.5 Å². The molecule has 0 saturated heterocycles. The maximum atomic E-state index is 12.8. The van der Waals surface area contributed by atoms with Crippen molar-refractivity contribution in [1.29, 1.82) is 0 Å². The van der Waals surface area contributed by atoms with Crippen molar-refractivity contribution in [3.63, 3.8) is 0 Å². The van der Waals surface area contributed by atoms with E-state index in [4.69, 9.17) is 22.5 Å². The van der Waals surface area contributed by atoms with Crippen LogP contribution in [0, 0.1) is 5.92 Å². The summed E-state index contributed by atoms with van der Waals surface area (Å²) in [6.07, 6.45) is 6.01. The van der Waals surface area contributed by atoms with Crippen LogP contribution in [0.2, 0.25) is 5.15 Å². The van der Waals surface area contributed by atoms with Gasteiger partial charge in [0.2, 0.25) is 5.96 Å². The van der Waals surface area contributed by atoms with E-state index in [0.717, 1.165) is 18.4 Å². The number of nitrogens with one attached hydrogen (secondary N) is 1. The number of guanidine groups is 1. The van der Waals surface area contributed by atoms with Gasteiger partial charge in [0, 0.05) is 22.9 Å². The summed E-state index contributed by atoms with van der Waals surface area (Å²) in [4.78, 5) is 4.70. The van der Waals surface area contributed by atoms with Crippen LogP contribution < -0.4 is 11.2 Å². The zero-order valence-corrected chi connectivity index (χ0v) is 12.6. The first-order valence-corrected chi connectivity index (χ1v) is 8.45. The van der Waals surface area contributed by atoms with Crippen LogP contribution in [0.5, 0.6) is 0 Å². The van der Waals surface area contributed by atoms with Gasteiger partial charge in [0.15, 0.2) is 0 Å². The fourth-order valence-electron chi connectivity index (χ4n) is 1.88. The zero-order chi connectivity index (χ0) is 14.8. The number of rotatable bonds is 4. The van der Waals surface area contributed by atoms with E-state index in [0.29, 0.717) is 22.4 Å². The van der Waals surface area contributed by atoms with Gasteiger partial charge in [-0.3, -0.25) is 5.21 Å². The molecule has 1 aromatic rings. The molecule has 4 N–H and O–H groups in total. The monoisotopic (exact) mass is 316 g/mol. The van der Waals surface area contributed by atoms with Gasteiger partial charge in [-0.05, 0) is 37.3 Å². The third-order valence-electron chi connectivity index (χ3n) is 3.06. The van der Waals surface area contributed by atoms with Gasteiger partial charge in [-0.15, -0.1) is 0 Å². The molecule has 1 aliphatic carbocycles. The highest BCUT2D eigenvalue weighted by Gasteiger charge is 2.26. The van der Waals surface area contributed by atoms with Gasteiger partial charge in [-0.2, -0.15) is 4.40 Å². The topological polar surface area (TPSA) is 101 Å². The summed E-state index contributed by atoms with van der Waals surface area (Å²) >= 11 is 5.77. The van der Waals surface area contributed by atoms with Crippen molar-refractivity contribution in [2.75, 3.05) is 6.26 Å². The lowest BCUT2D eigenvalue weighted by molar-refractivity contribution is 0.233. The molecule has 110 valence electrons. The first-order valence-electron chi connectivity index (χ1n) is 6.15. The Bertz CT molecular complexity index is 631. The van der Waals surface area contributed by atoms with Crippen molar-refractivity contribution in [1.82, 2.24) is 10.5 Å². The van der Waals surface area contributed by atoms with Gasteiger partial charge in [-0.1, -0.05) is 11.6 Å². The molecule has 0 bridgehead atoms. The predicted molar refractivity (Wildman–Crippen MR) is 81.3 cm³/mol. The molecule has 1 atom stereocenters. The average Bonchev–Trinajstić information content (AvgIpc) is 3.20. The molecule has 20 heavy (non-hydrogen) atoms. The summed E-state index contributed by atoms with van der Waals surface area (Å²) in [7, 11) is -2.73. The highest BCUT2D eigenvalue weighted by molar-refractivity contribution is 8.01. The highest BCUT2D eigenvalue weighted by Crippen LogP contribution is 2.34. The Hall–Kier alpha value is -1.31. The number of hydroxylamine groups is 1. The van der Waals surface area contributed by atoms with Gasteiger partial charge in [0.25, 0.3) is 0 Å². The Morgan fingerprint density at radius 3 is 2.85 bits per heavy atom. The number of nitrogens with two attached hydrogens (primary N) is 1. The molecule has 1 fully saturated rings. The number of nitrogens with zero attached hydrogens (tertiary/aromatic N) is 2. The molecule has 0 radical (unpaired) electrons. The van der Waals surface area contributed by atoms with Crippen molar-refractivity contribution in [3.05, 3.63) is 29.0 Å². The SMILES string of the molecule is CS(=O)(N=C(N)NO)=C(CC1CC1)c1ccc(Cl)nc1. The second-order valence-corrected chi connectivity index (χ2v) is 7.50. The van der Waals surface area contributed by atoms with Crippen molar-refractivity contribution in [3.8, 4) is 0 Å². The Morgan fingerprint density at radius 2 is 2.35 bits per heavy atom. The average molecular weight is 317 g/mol. The molecule has 8 heteroatoms. The Kier molecular flexibility index (Phi) is 4.52. The number of hydrogen-bond acceptors (Lipinski definition) is 3. The smallest absolute Gasteiger partial charge is 0.226 e. The molecule has 6 nitrogen and oxygen atoms in total. The van der Waals surface area contributed by atoms with Crippen LogP contribution in [0.15, 0.2) is 22.7 Å². The lowest BCUT2D eigenvalue weighted by Gasteiger charge is -2.11. The molecule has 2 rings (SSSR count). The van der Waals surface area contributed by atoms with Gasteiger partial charge >= 0.3 is 0 Å². The highest BCUT2D eigenvalue weighted by atomic mass is 35.5. The first kappa shape index (κ1) is 15.1. The normalized spacial score (nSPS) is 18.4. The largest absolute Gasteiger partial charge is 0.367 e. The lowest BCUT2D eigenvalue weighted by Crippen LogP contribution is -2.30. The maximum absolute atomic E-state index is 12.8. The summed E-state index contributed by atoms with van der Waals surface area (Å²) in [6, 6.07) is 3.42. The Morgan fingerprint density at radius 1 is 1.65 bits per heavy atom. The molecule has 1 aromatic heterocycles. The maximum Gasteiger partial charge on any atom is 0.226 e. The van der Waals surface area contributed by atoms with E-state index in [1.165, 1.54) is 6.26 Å². The summed E-state index contributed by atoms with van der Waals surface area (Å²) in [5, 5.41) is 9.09. The van der Waals surface area contributed by atoms with Gasteiger partial charge < -0.3 is 5.73 Å². The van der Waals surface area contributed by atoms with E-state index in [9.17, 15) is 4.21 Å². The second kappa shape index (κ2) is 5.99. The van der Waals surface area contributed by atoms with Crippen molar-refractivity contribution < 1.29 is 9.42 Å². The summed E-state index contributed by atoms with van der Waals surface area (Å²) in [6.45, 7) is 0. The third kappa shape index (κ3) is 3.84. The summed E-state index contributed by atoms with van der Waals surface area (Å²) < 4.78 is 16.7. The van der Waals surface area contributed by atoms with E-state index in [1.807, 2.05) is 0 Å². The van der Waals surface area contributed by atoms with Crippen LogP contribution in [-0.2, 0) is 9.71 Å². The van der Waals surface area contributed by atoms with E-state index < -0.39 is 9.71 Å². The van der Waals surface area contributed by atoms with Gasteiger partial charge in [0.1, 0.15) is 5.15 Å². The minimum Gasteiger partial charge on any atom is -0.367 e. The van der Waals surface area contributed by atoms with E-state index in [1.54, 1.807) is 23.8 Å². The van der Waals surface area contributed by atoms with Crippen LogP contribution in [0.25, 0.3) is 0 Å². The van der Waals surface area contributed by atoms with E-state index in [-0.39, 0.29) is 5.96 Å². The molecular weight excluding hydrogens is 300 g/mol. The van der Waals surface area contributed by atoms with Crippen LogP contribution in [0.4, 0.5) is 0 Å². The Labute approximate surface area is 123 Å². The molecule has 1 saturated carbocycles. The predicted octanol–water partition coefficient (Wildman–Crippen LogP) is 1.18. The quantitative estimate of drug-likeness (QED) is 0.193. The number of halogens is 1. The van der Waals surface area contributed by atoms with E-state index in [2.05, 4.69) is 9.38 Å². The molecule has 0 spiro atoms. The molecule has 0 amide bonds. The van der Waals surface area contributed by atoms with Gasteiger partial charge in [-0.25, -0.2) is 14.7 Å². The Balaban J connectivity index is 2.50. The minimum atomic E-state index is -2.73. The second-order valence-electron chi connectivity index (χ2n) is 4.83. The molecule has 0 aliphatic heterocycles. The van der Waals surface area contributed by atoms with E-state index >= 15 is 0 Å². The number of pyridine rings is 1. The molecule has 1 heterocycles. The molecule has 1 aliphatic rings.